The van der Waals surface area contributed by atoms with Crippen LogP contribution in [0.4, 0.5) is 22.9 Å². The van der Waals surface area contributed by atoms with Crippen molar-refractivity contribution in [2.24, 2.45) is 0 Å². The molecule has 10 rings (SSSR count). The summed E-state index contributed by atoms with van der Waals surface area (Å²) in [5.41, 5.74) is 11.2. The normalized spacial score (nSPS) is 12.1. The molecule has 0 N–H and O–H groups in total. The van der Waals surface area contributed by atoms with Gasteiger partial charge >= 0.3 is 0 Å². The number of pyridine rings is 2. The Kier molecular flexibility index (Phi) is 9.15. The summed E-state index contributed by atoms with van der Waals surface area (Å²) in [6, 6.07) is 68.9. The summed E-state index contributed by atoms with van der Waals surface area (Å²) >= 11 is 0. The number of anilines is 4. The van der Waals surface area contributed by atoms with Crippen molar-refractivity contribution in [3.05, 3.63) is 229 Å². The van der Waals surface area contributed by atoms with E-state index in [0.717, 1.165) is 83.9 Å². The number of rotatable bonds is 7. The molecule has 9 aromatic rings. The van der Waals surface area contributed by atoms with Crippen LogP contribution in [0.5, 0.6) is 0 Å². The van der Waals surface area contributed by atoms with E-state index in [0.29, 0.717) is 0 Å². The van der Waals surface area contributed by atoms with Gasteiger partial charge in [0.2, 0.25) is 0 Å². The summed E-state index contributed by atoms with van der Waals surface area (Å²) < 4.78 is 2.22. The Morgan fingerprint density at radius 3 is 1.91 bits per heavy atom. The molecule has 0 saturated heterocycles. The Morgan fingerprint density at radius 2 is 1.16 bits per heavy atom. The first-order valence-electron chi connectivity index (χ1n) is 18.0. The second-order valence-corrected chi connectivity index (χ2v) is 13.1. The molecule has 0 atom stereocenters. The fourth-order valence-electron chi connectivity index (χ4n) is 7.55. The van der Waals surface area contributed by atoms with Crippen LogP contribution < -0.4 is 9.80 Å². The molecule has 1 aliphatic rings. The molecule has 0 fully saturated rings. The van der Waals surface area contributed by atoms with Crippen molar-refractivity contribution in [1.82, 2.24) is 14.5 Å². The second kappa shape index (κ2) is 14.7. The molecular weight excluding hydrogens is 854 g/mol. The maximum absolute atomic E-state index is 4.86. The maximum atomic E-state index is 4.86. The van der Waals surface area contributed by atoms with Crippen LogP contribution in [0.15, 0.2) is 188 Å². The largest absolute Gasteiger partial charge is 0.473 e. The molecule has 0 spiro atoms. The van der Waals surface area contributed by atoms with Gasteiger partial charge in [0.1, 0.15) is 11.6 Å². The minimum Gasteiger partial charge on any atom is -0.473 e. The molecule has 0 bridgehead atoms. The third-order valence-electron chi connectivity index (χ3n) is 9.93. The average molecular weight is 886 g/mol. The van der Waals surface area contributed by atoms with Gasteiger partial charge in [-0.3, -0.25) is 0 Å². The van der Waals surface area contributed by atoms with Crippen LogP contribution in [0.25, 0.3) is 38.8 Å². The minimum atomic E-state index is 0. The van der Waals surface area contributed by atoms with Crippen molar-refractivity contribution in [2.75, 3.05) is 9.80 Å². The van der Waals surface area contributed by atoms with E-state index in [1.54, 1.807) is 0 Å². The number of aromatic nitrogens is 3. The van der Waals surface area contributed by atoms with Gasteiger partial charge in [0.25, 0.3) is 0 Å². The van der Waals surface area contributed by atoms with E-state index in [4.69, 9.17) is 9.97 Å². The predicted octanol–water partition coefficient (Wildman–Crippen LogP) is 11.6. The summed E-state index contributed by atoms with van der Waals surface area (Å²) in [6.07, 6.45) is 3.69. The van der Waals surface area contributed by atoms with Crippen LogP contribution >= 0.6 is 0 Å². The first-order chi connectivity index (χ1) is 26.8. The monoisotopic (exact) mass is 885 g/mol. The quantitative estimate of drug-likeness (QED) is 0.118. The fourth-order valence-corrected chi connectivity index (χ4v) is 7.55. The van der Waals surface area contributed by atoms with Gasteiger partial charge in [-0.2, -0.15) is 0 Å². The van der Waals surface area contributed by atoms with E-state index >= 15 is 0 Å². The first kappa shape index (κ1) is 34.2. The zero-order chi connectivity index (χ0) is 35.8. The minimum absolute atomic E-state index is 0. The molecule has 0 unspecified atom stereocenters. The van der Waals surface area contributed by atoms with Crippen LogP contribution in [0.1, 0.15) is 22.3 Å². The van der Waals surface area contributed by atoms with E-state index in [1.807, 2.05) is 36.7 Å². The van der Waals surface area contributed by atoms with Crippen LogP contribution in [-0.2, 0) is 21.1 Å². The molecule has 6 heteroatoms. The molecule has 0 aliphatic carbocycles. The number of fused-ring (bicyclic) bond motifs is 4. The van der Waals surface area contributed by atoms with Crippen molar-refractivity contribution < 1.29 is 21.1 Å². The summed E-state index contributed by atoms with van der Waals surface area (Å²) in [4.78, 5) is 14.0. The van der Waals surface area contributed by atoms with Gasteiger partial charge in [-0.1, -0.05) is 114 Å². The average Bonchev–Trinajstić information content (AvgIpc) is 3.80. The van der Waals surface area contributed by atoms with Crippen LogP contribution in [0.2, 0.25) is 0 Å². The Bertz CT molecular complexity index is 2760. The molecule has 0 amide bonds. The molecular formula is C49H32N5Pt-3. The molecule has 1 aliphatic heterocycles. The van der Waals surface area contributed by atoms with Crippen molar-refractivity contribution >= 4 is 55.8 Å². The van der Waals surface area contributed by atoms with Gasteiger partial charge in [-0.25, -0.2) is 9.97 Å². The summed E-state index contributed by atoms with van der Waals surface area (Å²) in [7, 11) is 0. The number of para-hydroxylation sites is 2. The molecule has 0 saturated carbocycles. The van der Waals surface area contributed by atoms with E-state index in [9.17, 15) is 0 Å². The van der Waals surface area contributed by atoms with E-state index in [-0.39, 0.29) is 21.1 Å². The number of hydrogen-bond acceptors (Lipinski definition) is 4. The predicted molar refractivity (Wildman–Crippen MR) is 220 cm³/mol. The fraction of sp³-hybridized carbons (Fsp3) is 0. The molecule has 0 radical (unpaired) electrons. The van der Waals surface area contributed by atoms with Gasteiger partial charge in [-0.15, -0.1) is 65.8 Å². The SMILES string of the molecule is [Pt].[c-]1c(C(=C(c2ccccc2)c2ccccc2)c2[c-]c3c(cc2)c2ccccc2n3-c2ccccn2)cccc1N1[CH-]N(c2ccccc2)c2cccnc21. The Labute approximate surface area is 334 Å². The number of nitrogens with zero attached hydrogens (tertiary/aromatic N) is 5. The number of benzene rings is 6. The van der Waals surface area contributed by atoms with Crippen molar-refractivity contribution in [2.45, 2.75) is 0 Å². The molecule has 3 aromatic heterocycles. The third-order valence-corrected chi connectivity index (χ3v) is 9.93. The van der Waals surface area contributed by atoms with Gasteiger partial charge < -0.3 is 14.4 Å². The topological polar surface area (TPSA) is 37.2 Å². The van der Waals surface area contributed by atoms with Gasteiger partial charge in [0.05, 0.1) is 5.69 Å². The van der Waals surface area contributed by atoms with Crippen molar-refractivity contribution in [1.29, 1.82) is 0 Å². The molecule has 266 valence electrons. The Balaban J connectivity index is 0.00000397. The molecule has 5 nitrogen and oxygen atoms in total. The van der Waals surface area contributed by atoms with Crippen molar-refractivity contribution in [3.8, 4) is 5.82 Å². The van der Waals surface area contributed by atoms with E-state index < -0.39 is 0 Å². The summed E-state index contributed by atoms with van der Waals surface area (Å²) in [5, 5.41) is 2.28. The van der Waals surface area contributed by atoms with E-state index in [2.05, 4.69) is 185 Å². The third kappa shape index (κ3) is 6.13. The zero-order valence-corrected chi connectivity index (χ0v) is 31.8. The first-order valence-corrected chi connectivity index (χ1v) is 18.0. The summed E-state index contributed by atoms with van der Waals surface area (Å²) in [6.45, 7) is 2.10. The smallest absolute Gasteiger partial charge is 0.136 e. The zero-order valence-electron chi connectivity index (χ0n) is 29.5. The Hall–Kier alpha value is -6.55. The van der Waals surface area contributed by atoms with Gasteiger partial charge in [0.15, 0.2) is 0 Å². The Morgan fingerprint density at radius 1 is 0.491 bits per heavy atom. The number of hydrogen-bond donors (Lipinski definition) is 0. The van der Waals surface area contributed by atoms with Crippen LogP contribution in [0, 0.1) is 18.8 Å². The van der Waals surface area contributed by atoms with Gasteiger partial charge in [0, 0.05) is 44.7 Å². The maximum Gasteiger partial charge on any atom is 0.136 e. The van der Waals surface area contributed by atoms with Crippen LogP contribution in [0.3, 0.4) is 0 Å². The van der Waals surface area contributed by atoms with E-state index in [1.165, 1.54) is 0 Å². The van der Waals surface area contributed by atoms with Crippen molar-refractivity contribution in [3.63, 3.8) is 0 Å². The molecule has 4 heterocycles. The molecule has 55 heavy (non-hydrogen) atoms. The standard InChI is InChI=1S/C49H32N5.Pt/c1-4-16-35(17-5-1)47(36-18-6-2-7-19-36)48(38-28-29-42-41-24-10-11-25-43(41)54(45(42)33-38)46-27-12-13-30-50-46)37-20-14-23-40(32-37)53-34-52(39-21-8-3-9-22-39)44-26-15-31-51-49(44)53;/h1-31,34H;/q-3;. The second-order valence-electron chi connectivity index (χ2n) is 13.1. The molecule has 6 aromatic carbocycles. The van der Waals surface area contributed by atoms with Gasteiger partial charge in [-0.05, 0) is 70.1 Å². The summed E-state index contributed by atoms with van der Waals surface area (Å²) in [5.74, 6) is 1.70. The van der Waals surface area contributed by atoms with Crippen LogP contribution in [-0.4, -0.2) is 14.5 Å².